The summed E-state index contributed by atoms with van der Waals surface area (Å²) in [5, 5.41) is 8.56. The molecule has 5 heteroatoms. The van der Waals surface area contributed by atoms with Gasteiger partial charge in [-0.2, -0.15) is 9.65 Å². The van der Waals surface area contributed by atoms with Gasteiger partial charge in [-0.15, -0.1) is 0 Å². The van der Waals surface area contributed by atoms with Crippen LogP contribution in [0.3, 0.4) is 0 Å². The Morgan fingerprint density at radius 2 is 1.67 bits per heavy atom. The van der Waals surface area contributed by atoms with Crippen LogP contribution in [0.15, 0.2) is 42.5 Å². The molecular weight excluding hydrogens is 276 g/mol. The van der Waals surface area contributed by atoms with Gasteiger partial charge in [-0.3, -0.25) is 0 Å². The third kappa shape index (κ3) is 4.18. The topological polar surface area (TPSA) is 42.2 Å². The van der Waals surface area contributed by atoms with Crippen LogP contribution in [-0.2, 0) is 6.42 Å². The Labute approximate surface area is 121 Å². The van der Waals surface area contributed by atoms with Gasteiger partial charge in [-0.1, -0.05) is 18.2 Å². The molecule has 108 valence electrons. The van der Waals surface area contributed by atoms with E-state index in [1.165, 1.54) is 12.1 Å². The van der Waals surface area contributed by atoms with Crippen molar-refractivity contribution in [3.63, 3.8) is 0 Å². The van der Waals surface area contributed by atoms with Crippen LogP contribution < -0.4 is 9.47 Å². The first-order valence-corrected chi connectivity index (χ1v) is 6.36. The van der Waals surface area contributed by atoms with Crippen molar-refractivity contribution in [1.29, 1.82) is 5.26 Å². The quantitative estimate of drug-likeness (QED) is 0.764. The van der Waals surface area contributed by atoms with Gasteiger partial charge < -0.3 is 9.47 Å². The molecule has 2 rings (SSSR count). The van der Waals surface area contributed by atoms with Gasteiger partial charge in [0, 0.05) is 0 Å². The molecule has 2 aromatic carbocycles. The van der Waals surface area contributed by atoms with Crippen molar-refractivity contribution in [1.82, 2.24) is 0 Å². The minimum absolute atomic E-state index is 0.0975. The molecule has 0 aliphatic carbocycles. The lowest BCUT2D eigenvalue weighted by Crippen LogP contribution is -2.10. The van der Waals surface area contributed by atoms with Gasteiger partial charge in [0.05, 0.1) is 12.5 Å². The molecule has 0 saturated carbocycles. The Kier molecular flexibility index (Phi) is 5.10. The van der Waals surface area contributed by atoms with E-state index < -0.39 is 11.6 Å². The zero-order valence-corrected chi connectivity index (χ0v) is 11.2. The van der Waals surface area contributed by atoms with Gasteiger partial charge in [0.15, 0.2) is 11.6 Å². The molecule has 0 amide bonds. The number of rotatable bonds is 6. The van der Waals surface area contributed by atoms with Gasteiger partial charge in [-0.25, -0.2) is 4.39 Å². The average Bonchev–Trinajstić information content (AvgIpc) is 2.50. The van der Waals surface area contributed by atoms with E-state index in [0.717, 1.165) is 11.6 Å². The van der Waals surface area contributed by atoms with E-state index in [-0.39, 0.29) is 19.0 Å². The van der Waals surface area contributed by atoms with Crippen molar-refractivity contribution in [2.45, 2.75) is 6.42 Å². The van der Waals surface area contributed by atoms with Crippen molar-refractivity contribution < 1.29 is 18.3 Å². The average molecular weight is 289 g/mol. The molecule has 0 aliphatic rings. The maximum absolute atomic E-state index is 13.3. The summed E-state index contributed by atoms with van der Waals surface area (Å²) in [6, 6.07) is 12.9. The van der Waals surface area contributed by atoms with Gasteiger partial charge in [-0.05, 0) is 29.8 Å². The molecule has 0 radical (unpaired) electrons. The Hall–Kier alpha value is -2.61. The minimum Gasteiger partial charge on any atom is -0.490 e. The maximum atomic E-state index is 13.3. The van der Waals surface area contributed by atoms with E-state index in [0.29, 0.717) is 12.2 Å². The lowest BCUT2D eigenvalue weighted by atomic mass is 10.2. The molecular formula is C16H13F2NO2. The second-order valence-electron chi connectivity index (χ2n) is 4.23. The smallest absolute Gasteiger partial charge is 0.200 e. The Morgan fingerprint density at radius 3 is 2.38 bits per heavy atom. The number of nitrogens with zero attached hydrogens (tertiary/aromatic N) is 1. The Morgan fingerprint density at radius 1 is 0.952 bits per heavy atom. The first-order valence-electron chi connectivity index (χ1n) is 6.36. The number of nitriles is 1. The highest BCUT2D eigenvalue weighted by Crippen LogP contribution is 2.19. The summed E-state index contributed by atoms with van der Waals surface area (Å²) in [6.45, 7) is 0.299. The van der Waals surface area contributed by atoms with E-state index in [4.69, 9.17) is 14.7 Å². The van der Waals surface area contributed by atoms with E-state index in [9.17, 15) is 8.78 Å². The lowest BCUT2D eigenvalue weighted by Gasteiger charge is -2.09. The van der Waals surface area contributed by atoms with E-state index >= 15 is 0 Å². The molecule has 0 aromatic heterocycles. The molecule has 0 heterocycles. The number of ether oxygens (including phenoxy) is 2. The predicted molar refractivity (Wildman–Crippen MR) is 73.1 cm³/mol. The summed E-state index contributed by atoms with van der Waals surface area (Å²) < 4.78 is 36.8. The first kappa shape index (κ1) is 14.8. The van der Waals surface area contributed by atoms with Gasteiger partial charge in [0.25, 0.3) is 0 Å². The zero-order valence-electron chi connectivity index (χ0n) is 11.2. The van der Waals surface area contributed by atoms with Gasteiger partial charge in [0.1, 0.15) is 19.0 Å². The zero-order chi connectivity index (χ0) is 15.1. The minimum atomic E-state index is -1.00. The standard InChI is InChI=1S/C16H13F2NO2/c17-14-2-1-3-15(16(14)18)21-11-10-20-13-6-4-12(5-7-13)8-9-19/h1-7H,8,10-11H2. The van der Waals surface area contributed by atoms with Crippen LogP contribution in [0.5, 0.6) is 11.5 Å². The van der Waals surface area contributed by atoms with Crippen LogP contribution in [-0.4, -0.2) is 13.2 Å². The largest absolute Gasteiger partial charge is 0.490 e. The fourth-order valence-electron chi connectivity index (χ4n) is 1.70. The van der Waals surface area contributed by atoms with Crippen LogP contribution in [0.4, 0.5) is 8.78 Å². The van der Waals surface area contributed by atoms with Crippen molar-refractivity contribution in [3.05, 3.63) is 59.7 Å². The SMILES string of the molecule is N#CCc1ccc(OCCOc2cccc(F)c2F)cc1. The molecule has 0 spiro atoms. The van der Waals surface area contributed by atoms with Crippen LogP contribution in [0.2, 0.25) is 0 Å². The van der Waals surface area contributed by atoms with Crippen LogP contribution in [0.25, 0.3) is 0 Å². The van der Waals surface area contributed by atoms with E-state index in [1.54, 1.807) is 24.3 Å². The monoisotopic (exact) mass is 289 g/mol. The van der Waals surface area contributed by atoms with E-state index in [1.807, 2.05) is 0 Å². The Balaban J connectivity index is 1.79. The summed E-state index contributed by atoms with van der Waals surface area (Å²) in [5.74, 6) is -1.46. The van der Waals surface area contributed by atoms with E-state index in [2.05, 4.69) is 6.07 Å². The number of halogens is 2. The fourth-order valence-corrected chi connectivity index (χ4v) is 1.70. The summed E-state index contributed by atoms with van der Waals surface area (Å²) in [6.07, 6.45) is 0.349. The molecule has 0 atom stereocenters. The molecule has 21 heavy (non-hydrogen) atoms. The van der Waals surface area contributed by atoms with Gasteiger partial charge in [0.2, 0.25) is 5.82 Å². The van der Waals surface area contributed by atoms with Gasteiger partial charge >= 0.3 is 0 Å². The van der Waals surface area contributed by atoms with Crippen LogP contribution in [0.1, 0.15) is 5.56 Å². The number of benzene rings is 2. The molecule has 0 aliphatic heterocycles. The molecule has 0 bridgehead atoms. The molecule has 3 nitrogen and oxygen atoms in total. The second kappa shape index (κ2) is 7.25. The van der Waals surface area contributed by atoms with Crippen molar-refractivity contribution >= 4 is 0 Å². The van der Waals surface area contributed by atoms with Crippen molar-refractivity contribution in [2.75, 3.05) is 13.2 Å². The fraction of sp³-hybridized carbons (Fsp3) is 0.188. The number of hydrogen-bond donors (Lipinski definition) is 0. The summed E-state index contributed by atoms with van der Waals surface area (Å²) in [5.41, 5.74) is 0.905. The number of hydrogen-bond acceptors (Lipinski definition) is 3. The molecule has 0 saturated heterocycles. The second-order valence-corrected chi connectivity index (χ2v) is 4.23. The lowest BCUT2D eigenvalue weighted by molar-refractivity contribution is 0.210. The first-order chi connectivity index (χ1) is 10.2. The molecule has 0 N–H and O–H groups in total. The molecule has 0 unspecified atom stereocenters. The highest BCUT2D eigenvalue weighted by Gasteiger charge is 2.08. The predicted octanol–water partition coefficient (Wildman–Crippen LogP) is 3.49. The van der Waals surface area contributed by atoms with Crippen molar-refractivity contribution in [3.8, 4) is 17.6 Å². The highest BCUT2D eigenvalue weighted by molar-refractivity contribution is 5.28. The molecule has 2 aromatic rings. The Bertz CT molecular complexity index is 636. The third-order valence-corrected chi connectivity index (χ3v) is 2.73. The summed E-state index contributed by atoms with van der Waals surface area (Å²) >= 11 is 0. The summed E-state index contributed by atoms with van der Waals surface area (Å²) in [4.78, 5) is 0. The molecule has 0 fully saturated rings. The summed E-state index contributed by atoms with van der Waals surface area (Å²) in [7, 11) is 0. The van der Waals surface area contributed by atoms with Crippen LogP contribution >= 0.6 is 0 Å². The maximum Gasteiger partial charge on any atom is 0.200 e. The third-order valence-electron chi connectivity index (χ3n) is 2.73. The normalized spacial score (nSPS) is 9.95. The highest BCUT2D eigenvalue weighted by atomic mass is 19.2. The van der Waals surface area contributed by atoms with Crippen LogP contribution in [0, 0.1) is 23.0 Å². The van der Waals surface area contributed by atoms with Crippen molar-refractivity contribution in [2.24, 2.45) is 0 Å².